The van der Waals surface area contributed by atoms with Crippen LogP contribution in [0.1, 0.15) is 5.56 Å². The first-order valence-electron chi connectivity index (χ1n) is 4.23. The molecular weight excluding hydrogens is 238 g/mol. The van der Waals surface area contributed by atoms with Gasteiger partial charge in [-0.2, -0.15) is 8.42 Å². The van der Waals surface area contributed by atoms with Gasteiger partial charge in [0, 0.05) is 12.1 Å². The maximum Gasteiger partial charge on any atom is 0.397 e. The highest BCUT2D eigenvalue weighted by molar-refractivity contribution is 7.80. The Balaban J connectivity index is 2.53. The second kappa shape index (κ2) is 5.01. The minimum Gasteiger partial charge on any atom is -0.264 e. The van der Waals surface area contributed by atoms with E-state index in [2.05, 4.69) is 4.18 Å². The second-order valence-corrected chi connectivity index (χ2v) is 4.01. The molecular formula is C8H9NO6S. The van der Waals surface area contributed by atoms with Gasteiger partial charge in [0.15, 0.2) is 0 Å². The first-order valence-corrected chi connectivity index (χ1v) is 5.60. The first-order chi connectivity index (χ1) is 7.38. The Bertz CT molecular complexity index is 466. The van der Waals surface area contributed by atoms with E-state index in [9.17, 15) is 18.5 Å². The number of nitro groups is 1. The molecule has 0 aliphatic heterocycles. The summed E-state index contributed by atoms with van der Waals surface area (Å²) in [6.07, 6.45) is 0.234. The zero-order valence-electron chi connectivity index (χ0n) is 8.07. The number of rotatable bonds is 5. The lowest BCUT2D eigenvalue weighted by molar-refractivity contribution is -0.384. The minimum atomic E-state index is -4.42. The van der Waals surface area contributed by atoms with E-state index in [1.807, 2.05) is 0 Å². The van der Waals surface area contributed by atoms with Crippen molar-refractivity contribution in [3.63, 3.8) is 0 Å². The van der Waals surface area contributed by atoms with Crippen LogP contribution in [-0.2, 0) is 21.0 Å². The van der Waals surface area contributed by atoms with Gasteiger partial charge in [0.1, 0.15) is 0 Å². The van der Waals surface area contributed by atoms with Crippen molar-refractivity contribution < 1.29 is 22.1 Å². The fourth-order valence-corrected chi connectivity index (χ4v) is 1.34. The Kier molecular flexibility index (Phi) is 3.93. The zero-order valence-corrected chi connectivity index (χ0v) is 8.88. The lowest BCUT2D eigenvalue weighted by Crippen LogP contribution is -2.06. The van der Waals surface area contributed by atoms with Crippen molar-refractivity contribution in [1.82, 2.24) is 0 Å². The van der Waals surface area contributed by atoms with Crippen molar-refractivity contribution in [3.8, 4) is 0 Å². The Morgan fingerprint density at radius 3 is 2.31 bits per heavy atom. The van der Waals surface area contributed by atoms with Crippen LogP contribution in [0.2, 0.25) is 0 Å². The lowest BCUT2D eigenvalue weighted by atomic mass is 10.1. The maximum atomic E-state index is 10.3. The van der Waals surface area contributed by atoms with Crippen LogP contribution in [0.4, 0.5) is 5.69 Å². The highest BCUT2D eigenvalue weighted by Crippen LogP contribution is 2.12. The van der Waals surface area contributed by atoms with Crippen LogP contribution in [0, 0.1) is 10.1 Å². The molecule has 1 aromatic carbocycles. The molecule has 8 heteroatoms. The van der Waals surface area contributed by atoms with E-state index in [4.69, 9.17) is 4.55 Å². The van der Waals surface area contributed by atoms with Gasteiger partial charge in [0.2, 0.25) is 0 Å². The Hall–Kier alpha value is -1.51. The van der Waals surface area contributed by atoms with Gasteiger partial charge in [-0.3, -0.25) is 14.7 Å². The summed E-state index contributed by atoms with van der Waals surface area (Å²) in [6.45, 7) is -0.212. The number of non-ortho nitro benzene ring substituents is 1. The minimum absolute atomic E-state index is 0.0422. The summed E-state index contributed by atoms with van der Waals surface area (Å²) in [4.78, 5) is 9.80. The van der Waals surface area contributed by atoms with Crippen molar-refractivity contribution in [2.24, 2.45) is 0 Å². The molecule has 0 spiro atoms. The third-order valence-corrected chi connectivity index (χ3v) is 2.23. The molecule has 0 unspecified atom stereocenters. The third-order valence-electron chi connectivity index (χ3n) is 1.77. The zero-order chi connectivity index (χ0) is 12.2. The van der Waals surface area contributed by atoms with E-state index in [0.29, 0.717) is 5.56 Å². The highest BCUT2D eigenvalue weighted by atomic mass is 32.3. The van der Waals surface area contributed by atoms with E-state index >= 15 is 0 Å². The topological polar surface area (TPSA) is 107 Å². The van der Waals surface area contributed by atoms with Crippen LogP contribution in [0.25, 0.3) is 0 Å². The SMILES string of the molecule is O=[N+]([O-])c1ccc(CCOS(=O)(=O)O)cc1. The van der Waals surface area contributed by atoms with Crippen LogP contribution in [0.3, 0.4) is 0 Å². The molecule has 0 amide bonds. The predicted molar refractivity (Wildman–Crippen MR) is 54.3 cm³/mol. The molecule has 1 N–H and O–H groups in total. The van der Waals surface area contributed by atoms with Crippen LogP contribution in [0.15, 0.2) is 24.3 Å². The van der Waals surface area contributed by atoms with Crippen molar-refractivity contribution >= 4 is 16.1 Å². The first kappa shape index (κ1) is 12.6. The summed E-state index contributed by atoms with van der Waals surface area (Å²) in [5.41, 5.74) is 0.633. The summed E-state index contributed by atoms with van der Waals surface area (Å²) in [6, 6.07) is 5.60. The van der Waals surface area contributed by atoms with E-state index < -0.39 is 15.3 Å². The molecule has 0 bridgehead atoms. The van der Waals surface area contributed by atoms with Gasteiger partial charge in [0.05, 0.1) is 11.5 Å². The molecule has 0 atom stereocenters. The van der Waals surface area contributed by atoms with Crippen LogP contribution in [0.5, 0.6) is 0 Å². The Morgan fingerprint density at radius 2 is 1.88 bits per heavy atom. The summed E-state index contributed by atoms with van der Waals surface area (Å²) in [7, 11) is -4.42. The lowest BCUT2D eigenvalue weighted by Gasteiger charge is -2.00. The molecule has 16 heavy (non-hydrogen) atoms. The van der Waals surface area contributed by atoms with Gasteiger partial charge in [-0.15, -0.1) is 0 Å². The molecule has 7 nitrogen and oxygen atoms in total. The van der Waals surface area contributed by atoms with Crippen molar-refractivity contribution in [2.75, 3.05) is 6.61 Å². The van der Waals surface area contributed by atoms with Gasteiger partial charge >= 0.3 is 10.4 Å². The molecule has 88 valence electrons. The highest BCUT2D eigenvalue weighted by Gasteiger charge is 2.06. The van der Waals surface area contributed by atoms with Crippen molar-refractivity contribution in [3.05, 3.63) is 39.9 Å². The second-order valence-electron chi connectivity index (χ2n) is 2.92. The predicted octanol–water partition coefficient (Wildman–Crippen LogP) is 0.957. The van der Waals surface area contributed by atoms with Crippen molar-refractivity contribution in [1.29, 1.82) is 0 Å². The molecule has 0 fully saturated rings. The van der Waals surface area contributed by atoms with Crippen LogP contribution >= 0.6 is 0 Å². The fraction of sp³-hybridized carbons (Fsp3) is 0.250. The van der Waals surface area contributed by atoms with E-state index in [0.717, 1.165) is 0 Å². The monoisotopic (exact) mass is 247 g/mol. The number of nitro benzene ring substituents is 1. The van der Waals surface area contributed by atoms with E-state index in [1.54, 1.807) is 0 Å². The van der Waals surface area contributed by atoms with Crippen LogP contribution < -0.4 is 0 Å². The molecule has 0 heterocycles. The Morgan fingerprint density at radius 1 is 1.31 bits per heavy atom. The number of benzene rings is 1. The Labute approximate surface area is 91.8 Å². The normalized spacial score (nSPS) is 11.3. The summed E-state index contributed by atoms with van der Waals surface area (Å²) < 4.78 is 32.8. The number of hydrogen-bond donors (Lipinski definition) is 1. The van der Waals surface area contributed by atoms with Gasteiger partial charge in [-0.05, 0) is 12.0 Å². The smallest absolute Gasteiger partial charge is 0.264 e. The van der Waals surface area contributed by atoms with Gasteiger partial charge in [-0.1, -0.05) is 12.1 Å². The third kappa shape index (κ3) is 4.34. The largest absolute Gasteiger partial charge is 0.397 e. The molecule has 0 saturated heterocycles. The summed E-state index contributed by atoms with van der Waals surface area (Å²) in [5, 5.41) is 10.3. The molecule has 0 aliphatic carbocycles. The standard InChI is InChI=1S/C8H9NO6S/c10-9(11)8-3-1-7(2-4-8)5-6-15-16(12,13)14/h1-4H,5-6H2,(H,12,13,14). The van der Waals surface area contributed by atoms with Gasteiger partial charge in [-0.25, -0.2) is 4.18 Å². The molecule has 1 aromatic rings. The quantitative estimate of drug-likeness (QED) is 0.471. The fourth-order valence-electron chi connectivity index (χ4n) is 1.05. The van der Waals surface area contributed by atoms with E-state index in [1.165, 1.54) is 24.3 Å². The maximum absolute atomic E-state index is 10.3. The summed E-state index contributed by atoms with van der Waals surface area (Å²) >= 11 is 0. The summed E-state index contributed by atoms with van der Waals surface area (Å²) in [5.74, 6) is 0. The van der Waals surface area contributed by atoms with Crippen molar-refractivity contribution in [2.45, 2.75) is 6.42 Å². The number of nitrogens with zero attached hydrogens (tertiary/aromatic N) is 1. The molecule has 0 aromatic heterocycles. The molecule has 0 aliphatic rings. The van der Waals surface area contributed by atoms with Gasteiger partial charge < -0.3 is 0 Å². The van der Waals surface area contributed by atoms with Crippen LogP contribution in [-0.4, -0.2) is 24.5 Å². The molecule has 0 saturated carbocycles. The van der Waals surface area contributed by atoms with E-state index in [-0.39, 0.29) is 18.7 Å². The molecule has 1 rings (SSSR count). The molecule has 0 radical (unpaired) electrons. The van der Waals surface area contributed by atoms with Gasteiger partial charge in [0.25, 0.3) is 5.69 Å². The average Bonchev–Trinajstić information content (AvgIpc) is 2.16. The average molecular weight is 247 g/mol. The number of hydrogen-bond acceptors (Lipinski definition) is 5.